The predicted molar refractivity (Wildman–Crippen MR) is 74.6 cm³/mol. The molecule has 1 aromatic carbocycles. The van der Waals surface area contributed by atoms with Crippen LogP contribution in [0.4, 0.5) is 5.69 Å². The largest absolute Gasteiger partial charge is 0.350 e. The summed E-state index contributed by atoms with van der Waals surface area (Å²) in [4.78, 5) is 1.87. The second kappa shape index (κ2) is 5.12. The molecule has 18 heavy (non-hydrogen) atoms. The third kappa shape index (κ3) is 2.57. The van der Waals surface area contributed by atoms with Crippen molar-refractivity contribution in [2.75, 3.05) is 11.4 Å². The molecule has 4 nitrogen and oxygen atoms in total. The quantitative estimate of drug-likeness (QED) is 0.905. The summed E-state index contributed by atoms with van der Waals surface area (Å²) in [5.41, 5.74) is 1.97. The van der Waals surface area contributed by atoms with E-state index >= 15 is 0 Å². The Labute approximate surface area is 108 Å². The Balaban J connectivity index is 2.41. The van der Waals surface area contributed by atoms with Gasteiger partial charge in [0.05, 0.1) is 0 Å². The van der Waals surface area contributed by atoms with Gasteiger partial charge in [-0.2, -0.15) is 0 Å². The lowest BCUT2D eigenvalue weighted by molar-refractivity contribution is 0.563. The molecule has 5 heteroatoms. The number of rotatable bonds is 4. The second-order valence-electron chi connectivity index (χ2n) is 4.45. The molecule has 1 aromatic rings. The summed E-state index contributed by atoms with van der Waals surface area (Å²) in [6, 6.07) is 7.77. The van der Waals surface area contributed by atoms with Gasteiger partial charge in [0.2, 0.25) is 10.0 Å². The van der Waals surface area contributed by atoms with Crippen LogP contribution in [0, 0.1) is 0 Å². The molecule has 98 valence electrons. The van der Waals surface area contributed by atoms with E-state index in [4.69, 9.17) is 5.14 Å². The van der Waals surface area contributed by atoms with Crippen LogP contribution in [0.1, 0.15) is 25.3 Å². The third-order valence-corrected chi connectivity index (χ3v) is 4.36. The Bertz CT molecular complexity index is 552. The van der Waals surface area contributed by atoms with E-state index in [1.54, 1.807) is 0 Å². The second-order valence-corrected chi connectivity index (χ2v) is 6.17. The van der Waals surface area contributed by atoms with Gasteiger partial charge in [0.1, 0.15) is 5.37 Å². The van der Waals surface area contributed by atoms with Crippen molar-refractivity contribution in [3.8, 4) is 0 Å². The molecule has 1 aliphatic rings. The zero-order chi connectivity index (χ0) is 13.2. The summed E-state index contributed by atoms with van der Waals surface area (Å²) < 4.78 is 23.5. The first-order valence-corrected chi connectivity index (χ1v) is 7.69. The number of para-hydroxylation sites is 1. The molecule has 0 amide bonds. The van der Waals surface area contributed by atoms with Gasteiger partial charge >= 0.3 is 0 Å². The zero-order valence-corrected chi connectivity index (χ0v) is 11.2. The normalized spacial score (nSPS) is 16.4. The lowest BCUT2D eigenvalue weighted by atomic mass is 10.1. The number of primary sulfonamides is 1. The van der Waals surface area contributed by atoms with Crippen LogP contribution in [-0.4, -0.2) is 20.3 Å². The standard InChI is InChI=1S/C13H18N2O2S/c1-2-6-13(18(14,16)17)15-10-5-8-11-7-3-4-9-12(11)15/h3-5,7-9,13H,2,6,10H2,1H3,(H2,14,16,17). The molecule has 1 unspecified atom stereocenters. The summed E-state index contributed by atoms with van der Waals surface area (Å²) >= 11 is 0. The Kier molecular flexibility index (Phi) is 3.73. The highest BCUT2D eigenvalue weighted by atomic mass is 32.2. The fourth-order valence-corrected chi connectivity index (χ4v) is 3.42. The first-order valence-electron chi connectivity index (χ1n) is 6.08. The van der Waals surface area contributed by atoms with Crippen LogP contribution in [0.2, 0.25) is 0 Å². The molecule has 1 atom stereocenters. The molecule has 2 N–H and O–H groups in total. The number of hydrogen-bond acceptors (Lipinski definition) is 3. The summed E-state index contributed by atoms with van der Waals surface area (Å²) in [5, 5.41) is 4.72. The van der Waals surface area contributed by atoms with Gasteiger partial charge in [-0.15, -0.1) is 0 Å². The van der Waals surface area contributed by atoms with Crippen LogP contribution in [-0.2, 0) is 10.0 Å². The van der Waals surface area contributed by atoms with Gasteiger partial charge in [-0.1, -0.05) is 43.7 Å². The molecule has 0 aliphatic carbocycles. The zero-order valence-electron chi connectivity index (χ0n) is 10.4. The lowest BCUT2D eigenvalue weighted by Crippen LogP contribution is -2.45. The van der Waals surface area contributed by atoms with Gasteiger partial charge in [-0.3, -0.25) is 0 Å². The molecule has 0 bridgehead atoms. The van der Waals surface area contributed by atoms with E-state index in [0.717, 1.165) is 17.7 Å². The number of benzene rings is 1. The molecule has 1 aliphatic heterocycles. The maximum absolute atomic E-state index is 11.7. The van der Waals surface area contributed by atoms with E-state index in [9.17, 15) is 8.42 Å². The van der Waals surface area contributed by atoms with Crippen molar-refractivity contribution in [3.63, 3.8) is 0 Å². The fourth-order valence-electron chi connectivity index (χ4n) is 2.30. The van der Waals surface area contributed by atoms with Crippen molar-refractivity contribution in [2.45, 2.75) is 25.1 Å². The van der Waals surface area contributed by atoms with Crippen LogP contribution >= 0.6 is 0 Å². The van der Waals surface area contributed by atoms with Crippen LogP contribution in [0.25, 0.3) is 6.08 Å². The first-order chi connectivity index (χ1) is 8.54. The minimum Gasteiger partial charge on any atom is -0.350 e. The Morgan fingerprint density at radius 1 is 1.39 bits per heavy atom. The molecule has 0 aromatic heterocycles. The third-order valence-electron chi connectivity index (χ3n) is 3.11. The van der Waals surface area contributed by atoms with Crippen molar-refractivity contribution in [3.05, 3.63) is 35.9 Å². The highest BCUT2D eigenvalue weighted by molar-refractivity contribution is 7.89. The average molecular weight is 266 g/mol. The predicted octanol–water partition coefficient (Wildman–Crippen LogP) is 1.93. The number of sulfonamides is 1. The molecule has 0 saturated carbocycles. The monoisotopic (exact) mass is 266 g/mol. The molecule has 0 spiro atoms. The van der Waals surface area contributed by atoms with E-state index in [1.807, 2.05) is 48.2 Å². The van der Waals surface area contributed by atoms with Crippen molar-refractivity contribution in [1.29, 1.82) is 0 Å². The molecule has 0 fully saturated rings. The maximum atomic E-state index is 11.7. The summed E-state index contributed by atoms with van der Waals surface area (Å²) in [5.74, 6) is 0. The molecule has 0 radical (unpaired) electrons. The van der Waals surface area contributed by atoms with Crippen LogP contribution in [0.3, 0.4) is 0 Å². The summed E-state index contributed by atoms with van der Waals surface area (Å²) in [7, 11) is -3.58. The van der Waals surface area contributed by atoms with E-state index in [2.05, 4.69) is 0 Å². The first kappa shape index (κ1) is 13.1. The van der Waals surface area contributed by atoms with Gasteiger partial charge in [0.15, 0.2) is 0 Å². The van der Waals surface area contributed by atoms with E-state index in [1.165, 1.54) is 0 Å². The fraction of sp³-hybridized carbons (Fsp3) is 0.385. The van der Waals surface area contributed by atoms with Crippen molar-refractivity contribution in [1.82, 2.24) is 0 Å². The van der Waals surface area contributed by atoms with Crippen molar-refractivity contribution >= 4 is 21.8 Å². The van der Waals surface area contributed by atoms with Crippen LogP contribution in [0.15, 0.2) is 30.3 Å². The van der Waals surface area contributed by atoms with E-state index in [-0.39, 0.29) is 0 Å². The molecule has 1 heterocycles. The number of anilines is 1. The highest BCUT2D eigenvalue weighted by Gasteiger charge is 2.29. The van der Waals surface area contributed by atoms with Crippen molar-refractivity contribution in [2.24, 2.45) is 5.14 Å². The van der Waals surface area contributed by atoms with Gasteiger partial charge in [-0.25, -0.2) is 13.6 Å². The van der Waals surface area contributed by atoms with Gasteiger partial charge in [0, 0.05) is 12.2 Å². The smallest absolute Gasteiger partial charge is 0.230 e. The Morgan fingerprint density at radius 2 is 2.11 bits per heavy atom. The number of nitrogens with zero attached hydrogens (tertiary/aromatic N) is 1. The number of nitrogens with two attached hydrogens (primary N) is 1. The summed E-state index contributed by atoms with van der Waals surface area (Å²) in [6.45, 7) is 2.54. The molecule has 0 saturated heterocycles. The van der Waals surface area contributed by atoms with Gasteiger partial charge < -0.3 is 4.90 Å². The SMILES string of the molecule is CCCC(N1CC=Cc2ccccc21)S(N)(=O)=O. The van der Waals surface area contributed by atoms with Gasteiger partial charge in [-0.05, 0) is 18.1 Å². The average Bonchev–Trinajstić information content (AvgIpc) is 2.34. The van der Waals surface area contributed by atoms with E-state index in [0.29, 0.717) is 13.0 Å². The Hall–Kier alpha value is -1.33. The van der Waals surface area contributed by atoms with Crippen molar-refractivity contribution < 1.29 is 8.42 Å². The molecular weight excluding hydrogens is 248 g/mol. The number of hydrogen-bond donors (Lipinski definition) is 1. The van der Waals surface area contributed by atoms with E-state index < -0.39 is 15.4 Å². The summed E-state index contributed by atoms with van der Waals surface area (Å²) in [6.07, 6.45) is 5.30. The minimum absolute atomic E-state index is 0.543. The number of fused-ring (bicyclic) bond motifs is 1. The van der Waals surface area contributed by atoms with Crippen LogP contribution < -0.4 is 10.0 Å². The molecule has 2 rings (SSSR count). The van der Waals surface area contributed by atoms with Gasteiger partial charge in [0.25, 0.3) is 0 Å². The minimum atomic E-state index is -3.58. The highest BCUT2D eigenvalue weighted by Crippen LogP contribution is 2.29. The lowest BCUT2D eigenvalue weighted by Gasteiger charge is -2.34. The topological polar surface area (TPSA) is 63.4 Å². The van der Waals surface area contributed by atoms with Crippen LogP contribution in [0.5, 0.6) is 0 Å². The maximum Gasteiger partial charge on any atom is 0.230 e. The Morgan fingerprint density at radius 3 is 2.78 bits per heavy atom. The molecular formula is C13H18N2O2S.